The van der Waals surface area contributed by atoms with E-state index >= 15 is 0 Å². The number of aliphatic hydroxyl groups excluding tert-OH is 1. The number of hydrogen-bond donors (Lipinski definition) is 2. The minimum absolute atomic E-state index is 0.0614. The van der Waals surface area contributed by atoms with Crippen LogP contribution in [0.15, 0.2) is 0 Å². The number of nitrogens with zero attached hydrogens (tertiary/aromatic N) is 1. The highest BCUT2D eigenvalue weighted by molar-refractivity contribution is 4.90. The van der Waals surface area contributed by atoms with Crippen molar-refractivity contribution in [1.29, 1.82) is 0 Å². The zero-order valence-electron chi connectivity index (χ0n) is 8.37. The van der Waals surface area contributed by atoms with Crippen LogP contribution in [0.1, 0.15) is 19.3 Å². The summed E-state index contributed by atoms with van der Waals surface area (Å²) in [5.41, 5.74) is 0. The lowest BCUT2D eigenvalue weighted by atomic mass is 9.86. The fourth-order valence-corrected chi connectivity index (χ4v) is 2.62. The third kappa shape index (κ3) is 2.03. The average Bonchev–Trinajstić information content (AvgIpc) is 2.28. The summed E-state index contributed by atoms with van der Waals surface area (Å²) in [5, 5.41) is 13.5. The molecule has 3 atom stereocenters. The summed E-state index contributed by atoms with van der Waals surface area (Å²) in [6, 6.07) is 0.524. The number of fused-ring (bicyclic) bond motifs is 1. The average molecular weight is 184 g/mol. The normalized spacial score (nSPS) is 42.5. The van der Waals surface area contributed by atoms with Crippen molar-refractivity contribution < 1.29 is 5.11 Å². The quantitative estimate of drug-likeness (QED) is 0.558. The number of likely N-dealkylation sites (tertiary alicyclic amines) is 1. The Labute approximate surface area is 80.1 Å². The van der Waals surface area contributed by atoms with Gasteiger partial charge in [-0.1, -0.05) is 0 Å². The van der Waals surface area contributed by atoms with Crippen LogP contribution in [0.2, 0.25) is 0 Å². The van der Waals surface area contributed by atoms with Crippen LogP contribution < -0.4 is 5.32 Å². The highest BCUT2D eigenvalue weighted by Gasteiger charge is 2.33. The van der Waals surface area contributed by atoms with Crippen molar-refractivity contribution in [2.75, 3.05) is 26.7 Å². The van der Waals surface area contributed by atoms with Crippen LogP contribution in [-0.4, -0.2) is 48.8 Å². The molecule has 0 radical (unpaired) electrons. The number of aliphatic hydroxyl groups is 1. The summed E-state index contributed by atoms with van der Waals surface area (Å²) >= 11 is 0. The van der Waals surface area contributed by atoms with E-state index in [2.05, 4.69) is 17.3 Å². The molecule has 13 heavy (non-hydrogen) atoms. The van der Waals surface area contributed by atoms with Crippen LogP contribution in [0.3, 0.4) is 0 Å². The van der Waals surface area contributed by atoms with Crippen molar-refractivity contribution >= 4 is 0 Å². The van der Waals surface area contributed by atoms with Crippen molar-refractivity contribution in [2.45, 2.75) is 31.4 Å². The number of nitrogens with one attached hydrogen (secondary N) is 1. The van der Waals surface area contributed by atoms with Crippen LogP contribution in [0.5, 0.6) is 0 Å². The monoisotopic (exact) mass is 184 g/mol. The molecule has 3 heteroatoms. The van der Waals surface area contributed by atoms with Crippen molar-refractivity contribution in [1.82, 2.24) is 10.2 Å². The molecule has 2 rings (SSSR count). The summed E-state index contributed by atoms with van der Waals surface area (Å²) in [6.45, 7) is 3.31. The number of likely N-dealkylation sites (N-methyl/N-ethyl adjacent to an activating group) is 1. The summed E-state index contributed by atoms with van der Waals surface area (Å²) in [5.74, 6) is 0.499. The second kappa shape index (κ2) is 3.95. The van der Waals surface area contributed by atoms with Gasteiger partial charge in [-0.3, -0.25) is 0 Å². The van der Waals surface area contributed by atoms with Crippen LogP contribution in [0.25, 0.3) is 0 Å². The van der Waals surface area contributed by atoms with Gasteiger partial charge >= 0.3 is 0 Å². The molecular weight excluding hydrogens is 164 g/mol. The Morgan fingerprint density at radius 1 is 1.38 bits per heavy atom. The van der Waals surface area contributed by atoms with E-state index in [1.54, 1.807) is 0 Å². The maximum atomic E-state index is 9.91. The maximum Gasteiger partial charge on any atom is 0.0584 e. The van der Waals surface area contributed by atoms with Gasteiger partial charge in [-0.2, -0.15) is 0 Å². The first-order valence-electron chi connectivity index (χ1n) is 5.37. The van der Waals surface area contributed by atoms with Gasteiger partial charge in [-0.25, -0.2) is 0 Å². The smallest absolute Gasteiger partial charge is 0.0584 e. The molecule has 0 aromatic rings. The number of hydrogen-bond acceptors (Lipinski definition) is 3. The molecule has 2 aliphatic rings. The Bertz CT molecular complexity index is 174. The van der Waals surface area contributed by atoms with Gasteiger partial charge in [-0.05, 0) is 39.4 Å². The van der Waals surface area contributed by atoms with Gasteiger partial charge in [0.2, 0.25) is 0 Å². The van der Waals surface area contributed by atoms with Crippen molar-refractivity contribution in [3.8, 4) is 0 Å². The van der Waals surface area contributed by atoms with Gasteiger partial charge in [-0.15, -0.1) is 0 Å². The molecule has 2 N–H and O–H groups in total. The number of rotatable bonds is 0. The lowest BCUT2D eigenvalue weighted by Gasteiger charge is -2.37. The highest BCUT2D eigenvalue weighted by atomic mass is 16.3. The molecule has 0 spiro atoms. The van der Waals surface area contributed by atoms with E-state index < -0.39 is 0 Å². The largest absolute Gasteiger partial charge is 0.393 e. The third-order valence-electron chi connectivity index (χ3n) is 3.45. The molecule has 2 saturated heterocycles. The summed E-state index contributed by atoms with van der Waals surface area (Å²) in [6.07, 6.45) is 3.19. The molecule has 0 saturated carbocycles. The maximum absolute atomic E-state index is 9.91. The SMILES string of the molecule is CN1CCC2C(O)CCCNC2C1. The van der Waals surface area contributed by atoms with E-state index in [1.165, 1.54) is 0 Å². The molecule has 0 amide bonds. The van der Waals surface area contributed by atoms with E-state index in [0.717, 1.165) is 38.9 Å². The fraction of sp³-hybridized carbons (Fsp3) is 1.00. The van der Waals surface area contributed by atoms with Gasteiger partial charge in [0.15, 0.2) is 0 Å². The minimum atomic E-state index is -0.0614. The van der Waals surface area contributed by atoms with Gasteiger partial charge in [0, 0.05) is 18.5 Å². The molecule has 2 aliphatic heterocycles. The summed E-state index contributed by atoms with van der Waals surface area (Å²) in [4.78, 5) is 2.35. The van der Waals surface area contributed by atoms with Crippen LogP contribution in [0.4, 0.5) is 0 Å². The lowest BCUT2D eigenvalue weighted by molar-refractivity contribution is 0.0474. The molecule has 2 fully saturated rings. The fourth-order valence-electron chi connectivity index (χ4n) is 2.62. The second-order valence-electron chi connectivity index (χ2n) is 4.48. The van der Waals surface area contributed by atoms with E-state index in [4.69, 9.17) is 0 Å². The first-order chi connectivity index (χ1) is 6.27. The molecular formula is C10H20N2O. The standard InChI is InChI=1S/C10H20N2O/c1-12-6-4-8-9(7-12)11-5-2-3-10(8)13/h8-11,13H,2-7H2,1H3. The summed E-state index contributed by atoms with van der Waals surface area (Å²) < 4.78 is 0. The predicted molar refractivity (Wildman–Crippen MR) is 52.6 cm³/mol. The molecule has 0 aliphatic carbocycles. The van der Waals surface area contributed by atoms with Gasteiger partial charge in [0.1, 0.15) is 0 Å². The number of piperidine rings is 1. The molecule has 0 aromatic heterocycles. The second-order valence-corrected chi connectivity index (χ2v) is 4.48. The van der Waals surface area contributed by atoms with Gasteiger partial charge in [0.25, 0.3) is 0 Å². The lowest BCUT2D eigenvalue weighted by Crippen LogP contribution is -2.51. The first kappa shape index (κ1) is 9.44. The molecule has 0 bridgehead atoms. The summed E-state index contributed by atoms with van der Waals surface area (Å²) in [7, 11) is 2.16. The zero-order chi connectivity index (χ0) is 9.26. The van der Waals surface area contributed by atoms with E-state index in [1.807, 2.05) is 0 Å². The molecule has 3 unspecified atom stereocenters. The van der Waals surface area contributed by atoms with Crippen molar-refractivity contribution in [3.05, 3.63) is 0 Å². The van der Waals surface area contributed by atoms with Crippen LogP contribution in [-0.2, 0) is 0 Å². The topological polar surface area (TPSA) is 35.5 Å². The Morgan fingerprint density at radius 2 is 2.23 bits per heavy atom. The molecule has 3 nitrogen and oxygen atoms in total. The minimum Gasteiger partial charge on any atom is -0.393 e. The van der Waals surface area contributed by atoms with Crippen molar-refractivity contribution in [2.24, 2.45) is 5.92 Å². The third-order valence-corrected chi connectivity index (χ3v) is 3.45. The van der Waals surface area contributed by atoms with E-state index in [9.17, 15) is 5.11 Å². The predicted octanol–water partition coefficient (Wildman–Crippen LogP) is 0.0510. The highest BCUT2D eigenvalue weighted by Crippen LogP contribution is 2.25. The van der Waals surface area contributed by atoms with Crippen LogP contribution >= 0.6 is 0 Å². The van der Waals surface area contributed by atoms with E-state index in [-0.39, 0.29) is 6.10 Å². The van der Waals surface area contributed by atoms with Gasteiger partial charge in [0.05, 0.1) is 6.10 Å². The van der Waals surface area contributed by atoms with Crippen molar-refractivity contribution in [3.63, 3.8) is 0 Å². The Kier molecular flexibility index (Phi) is 2.86. The zero-order valence-corrected chi connectivity index (χ0v) is 8.37. The molecule has 2 heterocycles. The van der Waals surface area contributed by atoms with Gasteiger partial charge < -0.3 is 15.3 Å². The van der Waals surface area contributed by atoms with Crippen LogP contribution in [0, 0.1) is 5.92 Å². The Hall–Kier alpha value is -0.120. The van der Waals surface area contributed by atoms with E-state index in [0.29, 0.717) is 12.0 Å². The Morgan fingerprint density at radius 3 is 3.08 bits per heavy atom. The Balaban J connectivity index is 2.02. The first-order valence-corrected chi connectivity index (χ1v) is 5.37. The molecule has 0 aromatic carbocycles. The molecule has 76 valence electrons.